The summed E-state index contributed by atoms with van der Waals surface area (Å²) in [4.78, 5) is -0.148. The second-order valence-electron chi connectivity index (χ2n) is 6.02. The van der Waals surface area contributed by atoms with Gasteiger partial charge in [-0.1, -0.05) is 47.5 Å². The van der Waals surface area contributed by atoms with Crippen LogP contribution in [0.4, 0.5) is 0 Å². The van der Waals surface area contributed by atoms with Crippen LogP contribution in [0.25, 0.3) is 22.1 Å². The topological polar surface area (TPSA) is 65.7 Å². The van der Waals surface area contributed by atoms with Gasteiger partial charge in [0.05, 0.1) is 28.5 Å². The lowest BCUT2D eigenvalue weighted by molar-refractivity contribution is 0.483. The van der Waals surface area contributed by atoms with Crippen LogP contribution in [-0.2, 0) is 23.0 Å². The van der Waals surface area contributed by atoms with E-state index in [0.717, 1.165) is 10.9 Å². The normalized spacial score (nSPS) is 14.2. The van der Waals surface area contributed by atoms with Crippen molar-refractivity contribution in [2.75, 3.05) is 0 Å². The first-order chi connectivity index (χ1) is 12.3. The fraction of sp³-hybridized carbons (Fsp3) is 0.105. The molecule has 0 spiro atoms. The van der Waals surface area contributed by atoms with Crippen molar-refractivity contribution in [3.63, 3.8) is 0 Å². The van der Waals surface area contributed by atoms with E-state index in [4.69, 9.17) is 27.6 Å². The quantitative estimate of drug-likeness (QED) is 0.449. The molecule has 0 fully saturated rings. The highest BCUT2D eigenvalue weighted by Gasteiger charge is 2.31. The Labute approximate surface area is 160 Å². The molecule has 1 aliphatic carbocycles. The molecule has 4 rings (SSSR count). The Morgan fingerprint density at radius 1 is 1.08 bits per heavy atom. The molecule has 7 heteroatoms. The molecule has 132 valence electrons. The van der Waals surface area contributed by atoms with Gasteiger partial charge >= 0.3 is 11.3 Å². The van der Waals surface area contributed by atoms with Crippen molar-refractivity contribution in [2.45, 2.75) is 17.7 Å². The zero-order chi connectivity index (χ0) is 18.5. The van der Waals surface area contributed by atoms with Gasteiger partial charge in [-0.05, 0) is 18.2 Å². The van der Waals surface area contributed by atoms with Crippen molar-refractivity contribution in [3.8, 4) is 11.1 Å². The predicted molar refractivity (Wildman–Crippen MR) is 102 cm³/mol. The molecule has 1 aromatic heterocycles. The molecule has 0 saturated carbocycles. The maximum atomic E-state index is 11.9. The van der Waals surface area contributed by atoms with Crippen LogP contribution >= 0.6 is 23.2 Å². The first kappa shape index (κ1) is 17.5. The number of allylic oxidation sites excluding steroid dienone is 2. The zero-order valence-electron chi connectivity index (χ0n) is 13.4. The molecule has 4 nitrogen and oxygen atoms in total. The van der Waals surface area contributed by atoms with E-state index < -0.39 is 10.1 Å². The Hall–Kier alpha value is -1.92. The largest absolute Gasteiger partial charge is 0.362 e. The van der Waals surface area contributed by atoms with Gasteiger partial charge < -0.3 is 0 Å². The standard InChI is InChI=1S/C19H12Cl2O4S/c20-11-5-7-13-16(9-11)25-17-10-12(21)6-8-14(17)19(13)15-3-1-2-4-18(15)26(22,23)24/h1-7,9H,8,10H2/p+1. The average molecular weight is 408 g/mol. The predicted octanol–water partition coefficient (Wildman–Crippen LogP) is 5.50. The number of halogens is 2. The van der Waals surface area contributed by atoms with Crippen LogP contribution in [0.5, 0.6) is 0 Å². The molecule has 0 radical (unpaired) electrons. The zero-order valence-corrected chi connectivity index (χ0v) is 15.7. The van der Waals surface area contributed by atoms with E-state index in [0.29, 0.717) is 45.4 Å². The highest BCUT2D eigenvalue weighted by atomic mass is 35.5. The summed E-state index contributed by atoms with van der Waals surface area (Å²) in [5.74, 6) is 0.660. The van der Waals surface area contributed by atoms with Gasteiger partial charge in [0.1, 0.15) is 4.90 Å². The van der Waals surface area contributed by atoms with Gasteiger partial charge in [0, 0.05) is 22.6 Å². The number of fused-ring (bicyclic) bond motifs is 2. The summed E-state index contributed by atoms with van der Waals surface area (Å²) in [5.41, 5.74) is 2.50. The Morgan fingerprint density at radius 2 is 1.85 bits per heavy atom. The summed E-state index contributed by atoms with van der Waals surface area (Å²) in [6.07, 6.45) is 2.80. The Balaban J connectivity index is 2.15. The van der Waals surface area contributed by atoms with Crippen LogP contribution in [0.3, 0.4) is 0 Å². The van der Waals surface area contributed by atoms with Crippen molar-refractivity contribution >= 4 is 44.3 Å². The maximum Gasteiger partial charge on any atom is 0.362 e. The molecule has 2 aromatic carbocycles. The van der Waals surface area contributed by atoms with Crippen molar-refractivity contribution in [3.05, 3.63) is 69.9 Å². The third kappa shape index (κ3) is 3.01. The fourth-order valence-electron chi connectivity index (χ4n) is 3.29. The molecule has 0 saturated heterocycles. The molecule has 3 aromatic rings. The van der Waals surface area contributed by atoms with Gasteiger partial charge in [0.2, 0.25) is 0 Å². The smallest absolute Gasteiger partial charge is 0.282 e. The highest BCUT2D eigenvalue weighted by Crippen LogP contribution is 2.41. The van der Waals surface area contributed by atoms with E-state index in [-0.39, 0.29) is 4.90 Å². The summed E-state index contributed by atoms with van der Waals surface area (Å²) in [7, 11) is -4.39. The number of benzene rings is 2. The molecule has 0 bridgehead atoms. The van der Waals surface area contributed by atoms with Crippen LogP contribution in [-0.4, -0.2) is 13.0 Å². The molecule has 1 N–H and O–H groups in total. The van der Waals surface area contributed by atoms with Gasteiger partial charge in [-0.3, -0.25) is 4.55 Å². The lowest BCUT2D eigenvalue weighted by Crippen LogP contribution is -2.06. The van der Waals surface area contributed by atoms with E-state index in [1.54, 1.807) is 36.4 Å². The van der Waals surface area contributed by atoms with Gasteiger partial charge in [-0.15, -0.1) is 0 Å². The lowest BCUT2D eigenvalue weighted by Gasteiger charge is -2.14. The van der Waals surface area contributed by atoms with Gasteiger partial charge in [-0.25, -0.2) is 4.42 Å². The maximum absolute atomic E-state index is 11.9. The number of hydrogen-bond acceptors (Lipinski definition) is 2. The van der Waals surface area contributed by atoms with Crippen molar-refractivity contribution < 1.29 is 17.4 Å². The Kier molecular flexibility index (Phi) is 4.28. The third-order valence-corrected chi connectivity index (χ3v) is 5.81. The summed E-state index contributed by atoms with van der Waals surface area (Å²) in [5, 5.41) is 1.89. The molecule has 1 heterocycles. The highest BCUT2D eigenvalue weighted by molar-refractivity contribution is 7.86. The molecule has 0 unspecified atom stereocenters. The number of rotatable bonds is 2. The first-order valence-corrected chi connectivity index (χ1v) is 10.0. The van der Waals surface area contributed by atoms with E-state index >= 15 is 0 Å². The van der Waals surface area contributed by atoms with Crippen LogP contribution in [0, 0.1) is 0 Å². The van der Waals surface area contributed by atoms with Crippen LogP contribution in [0.1, 0.15) is 11.3 Å². The molecule has 0 amide bonds. The van der Waals surface area contributed by atoms with Gasteiger partial charge in [0.25, 0.3) is 10.1 Å². The van der Waals surface area contributed by atoms with Gasteiger partial charge in [0.15, 0.2) is 0 Å². The lowest BCUT2D eigenvalue weighted by atomic mass is 9.90. The van der Waals surface area contributed by atoms with Crippen LogP contribution in [0.2, 0.25) is 5.02 Å². The second-order valence-corrected chi connectivity index (χ2v) is 8.33. The monoisotopic (exact) mass is 407 g/mol. The summed E-state index contributed by atoms with van der Waals surface area (Å²) >= 11 is 12.3. The van der Waals surface area contributed by atoms with E-state index in [1.807, 2.05) is 6.08 Å². The molecule has 1 aliphatic rings. The molecule has 0 aliphatic heterocycles. The SMILES string of the molecule is O=S(=O)(O)c1ccccc1-c1c2c([o+]c3cc(Cl)ccc13)CC(Cl)=CC2. The second kappa shape index (κ2) is 6.35. The minimum atomic E-state index is -4.39. The average Bonchev–Trinajstić information content (AvgIpc) is 2.58. The Bertz CT molecular complexity index is 1180. The molecule has 26 heavy (non-hydrogen) atoms. The molecular formula is C19H13Cl2O4S+. The van der Waals surface area contributed by atoms with Crippen LogP contribution in [0.15, 0.2) is 62.9 Å². The van der Waals surface area contributed by atoms with Gasteiger partial charge in [-0.2, -0.15) is 8.42 Å². The number of hydrogen-bond donors (Lipinski definition) is 1. The third-order valence-electron chi connectivity index (χ3n) is 4.38. The Morgan fingerprint density at radius 3 is 2.62 bits per heavy atom. The van der Waals surface area contributed by atoms with Crippen molar-refractivity contribution in [2.24, 2.45) is 0 Å². The summed E-state index contributed by atoms with van der Waals surface area (Å²) in [6, 6.07) is 11.6. The van der Waals surface area contributed by atoms with Crippen molar-refractivity contribution in [1.29, 1.82) is 0 Å². The first-order valence-electron chi connectivity index (χ1n) is 7.83. The van der Waals surface area contributed by atoms with E-state index in [9.17, 15) is 13.0 Å². The minimum absolute atomic E-state index is 0.148. The van der Waals surface area contributed by atoms with Crippen LogP contribution < -0.4 is 0 Å². The minimum Gasteiger partial charge on any atom is -0.282 e. The van der Waals surface area contributed by atoms with E-state index in [2.05, 4.69) is 0 Å². The summed E-state index contributed by atoms with van der Waals surface area (Å²) < 4.78 is 39.5. The molecular weight excluding hydrogens is 395 g/mol. The van der Waals surface area contributed by atoms with Crippen molar-refractivity contribution in [1.82, 2.24) is 0 Å². The summed E-state index contributed by atoms with van der Waals surface area (Å²) in [6.45, 7) is 0. The van der Waals surface area contributed by atoms with E-state index in [1.165, 1.54) is 6.07 Å². The fourth-order valence-corrected chi connectivity index (χ4v) is 4.35. The molecule has 0 atom stereocenters.